The zero-order valence-corrected chi connectivity index (χ0v) is 26.1. The fourth-order valence-electron chi connectivity index (χ4n) is 7.34. The molecule has 6 nitrogen and oxygen atoms in total. The Kier molecular flexibility index (Phi) is 9.06. The molecule has 0 aliphatic carbocycles. The van der Waals surface area contributed by atoms with E-state index in [-0.39, 0.29) is 16.7 Å². The summed E-state index contributed by atoms with van der Waals surface area (Å²) in [6.07, 6.45) is 7.70. The van der Waals surface area contributed by atoms with Crippen LogP contribution in [0.15, 0.2) is 66.9 Å². The second-order valence-electron chi connectivity index (χ2n) is 12.3. The molecule has 230 valence electrons. The number of ketones is 1. The summed E-state index contributed by atoms with van der Waals surface area (Å²) in [6, 6.07) is 19.2. The van der Waals surface area contributed by atoms with Crippen LogP contribution in [-0.4, -0.2) is 46.9 Å². The molecule has 2 fully saturated rings. The van der Waals surface area contributed by atoms with Gasteiger partial charge in [-0.2, -0.15) is 0 Å². The van der Waals surface area contributed by atoms with E-state index in [9.17, 15) is 14.0 Å². The summed E-state index contributed by atoms with van der Waals surface area (Å²) in [5, 5.41) is 3.98. The number of nitrogens with one attached hydrogen (secondary N) is 1. The van der Waals surface area contributed by atoms with Crippen LogP contribution in [0.4, 0.5) is 4.39 Å². The van der Waals surface area contributed by atoms with E-state index in [0.717, 1.165) is 67.4 Å². The van der Waals surface area contributed by atoms with Crippen LogP contribution in [0.3, 0.4) is 0 Å². The van der Waals surface area contributed by atoms with Crippen molar-refractivity contribution in [1.82, 2.24) is 14.8 Å². The number of aryl methyl sites for hydroxylation is 2. The lowest BCUT2D eigenvalue weighted by atomic mass is 9.85. The molecule has 3 heterocycles. The third-order valence-corrected chi connectivity index (χ3v) is 9.66. The summed E-state index contributed by atoms with van der Waals surface area (Å²) >= 11 is 5.91. The van der Waals surface area contributed by atoms with Crippen molar-refractivity contribution in [3.8, 4) is 5.75 Å². The third kappa shape index (κ3) is 6.40. The summed E-state index contributed by atoms with van der Waals surface area (Å²) in [6.45, 7) is 4.25. The van der Waals surface area contributed by atoms with Crippen molar-refractivity contribution in [1.29, 1.82) is 0 Å². The normalized spacial score (nSPS) is 19.8. The number of Topliss-reactive ketones (excluding diaryl/α,β-unsaturated/α-hetero) is 1. The van der Waals surface area contributed by atoms with Gasteiger partial charge in [-0.05, 0) is 74.8 Å². The van der Waals surface area contributed by atoms with Gasteiger partial charge in [-0.15, -0.1) is 0 Å². The second kappa shape index (κ2) is 13.1. The number of ether oxygens (including phenoxy) is 1. The first-order chi connectivity index (χ1) is 21.3. The SMILES string of the molecule is COc1cccc2c(C(=O)NCc3cccc(C)c3)cn(CCCN3[C@@H]4CC[C@H]3C[C@H](CC(=O)c3ccc(F)c(Cl)c3)C4)c12. The monoisotopic (exact) mass is 615 g/mol. The number of fused-ring (bicyclic) bond motifs is 3. The standard InChI is InChI=1S/C36H39ClFN3O3/c1-23-6-3-7-24(16-23)21-39-36(43)30-22-40(35-29(30)8-4-9-34(35)44-2)14-5-15-41-27-11-12-28(41)18-25(17-27)19-33(42)26-10-13-32(38)31(37)20-26/h3-4,6-10,13,16,20,22,25,27-28H,5,11-12,14-15,17-19,21H2,1-2H3,(H,39,43)/t25-,27-,28+. The molecule has 1 N–H and O–H groups in total. The first-order valence-corrected chi connectivity index (χ1v) is 15.9. The highest BCUT2D eigenvalue weighted by molar-refractivity contribution is 6.31. The van der Waals surface area contributed by atoms with Gasteiger partial charge in [0.15, 0.2) is 5.78 Å². The van der Waals surface area contributed by atoms with E-state index in [2.05, 4.69) is 20.9 Å². The maximum Gasteiger partial charge on any atom is 0.253 e. The minimum absolute atomic E-state index is 0.00571. The average molecular weight is 616 g/mol. The van der Waals surface area contributed by atoms with Gasteiger partial charge < -0.3 is 14.6 Å². The first kappa shape index (κ1) is 30.4. The van der Waals surface area contributed by atoms with Crippen LogP contribution in [0, 0.1) is 18.7 Å². The van der Waals surface area contributed by atoms with Gasteiger partial charge >= 0.3 is 0 Å². The lowest BCUT2D eigenvalue weighted by molar-refractivity contribution is 0.0807. The predicted molar refractivity (Wildman–Crippen MR) is 172 cm³/mol. The van der Waals surface area contributed by atoms with E-state index >= 15 is 0 Å². The molecule has 2 aliphatic rings. The molecular formula is C36H39ClFN3O3. The number of methoxy groups -OCH3 is 1. The summed E-state index contributed by atoms with van der Waals surface area (Å²) < 4.78 is 21.4. The van der Waals surface area contributed by atoms with Gasteiger partial charge in [-0.25, -0.2) is 4.39 Å². The average Bonchev–Trinajstić information content (AvgIpc) is 3.50. The largest absolute Gasteiger partial charge is 0.495 e. The van der Waals surface area contributed by atoms with E-state index in [1.165, 1.54) is 23.8 Å². The first-order valence-electron chi connectivity index (χ1n) is 15.5. The van der Waals surface area contributed by atoms with Crippen molar-refractivity contribution in [3.05, 3.63) is 100.0 Å². The lowest BCUT2D eigenvalue weighted by Gasteiger charge is -2.39. The number of carbonyl (C=O) groups excluding carboxylic acids is 2. The van der Waals surface area contributed by atoms with Crippen LogP contribution in [0.1, 0.15) is 70.4 Å². The van der Waals surface area contributed by atoms with Crippen LogP contribution in [-0.2, 0) is 13.1 Å². The summed E-state index contributed by atoms with van der Waals surface area (Å²) in [7, 11) is 1.67. The zero-order valence-electron chi connectivity index (χ0n) is 25.3. The number of amides is 1. The molecule has 2 saturated heterocycles. The molecule has 4 aromatic rings. The molecule has 3 aromatic carbocycles. The number of benzene rings is 3. The zero-order chi connectivity index (χ0) is 30.8. The summed E-state index contributed by atoms with van der Waals surface area (Å²) in [5.41, 5.74) is 4.32. The van der Waals surface area contributed by atoms with Gasteiger partial charge in [-0.1, -0.05) is 53.6 Å². The van der Waals surface area contributed by atoms with Gasteiger partial charge in [0.2, 0.25) is 0 Å². The summed E-state index contributed by atoms with van der Waals surface area (Å²) in [5.74, 6) is 0.531. The molecule has 8 heteroatoms. The predicted octanol–water partition coefficient (Wildman–Crippen LogP) is 7.59. The van der Waals surface area contributed by atoms with Crippen molar-refractivity contribution in [2.45, 2.75) is 70.6 Å². The van der Waals surface area contributed by atoms with E-state index in [0.29, 0.717) is 42.1 Å². The topological polar surface area (TPSA) is 63.6 Å². The minimum atomic E-state index is -0.501. The van der Waals surface area contributed by atoms with Gasteiger partial charge in [0, 0.05) is 55.3 Å². The summed E-state index contributed by atoms with van der Waals surface area (Å²) in [4.78, 5) is 28.9. The minimum Gasteiger partial charge on any atom is -0.495 e. The molecule has 2 aliphatic heterocycles. The lowest BCUT2D eigenvalue weighted by Crippen LogP contribution is -2.43. The van der Waals surface area contributed by atoms with E-state index in [4.69, 9.17) is 16.3 Å². The number of hydrogen-bond acceptors (Lipinski definition) is 4. The number of rotatable bonds is 11. The number of aromatic nitrogens is 1. The van der Waals surface area contributed by atoms with E-state index in [1.807, 2.05) is 49.5 Å². The van der Waals surface area contributed by atoms with Gasteiger partial charge in [0.1, 0.15) is 11.6 Å². The van der Waals surface area contributed by atoms with Gasteiger partial charge in [-0.3, -0.25) is 14.5 Å². The molecule has 0 unspecified atom stereocenters. The van der Waals surface area contributed by atoms with Crippen LogP contribution < -0.4 is 10.1 Å². The Balaban J connectivity index is 1.09. The third-order valence-electron chi connectivity index (χ3n) is 9.37. The van der Waals surface area contributed by atoms with Crippen LogP contribution in [0.2, 0.25) is 5.02 Å². The highest BCUT2D eigenvalue weighted by Gasteiger charge is 2.40. The van der Waals surface area contributed by atoms with E-state index in [1.54, 1.807) is 7.11 Å². The Hall–Kier alpha value is -3.68. The maximum atomic E-state index is 13.6. The van der Waals surface area contributed by atoms with Crippen molar-refractivity contribution in [2.75, 3.05) is 13.7 Å². The van der Waals surface area contributed by atoms with Crippen molar-refractivity contribution in [3.63, 3.8) is 0 Å². The molecule has 1 amide bonds. The molecule has 1 aromatic heterocycles. The number of piperidine rings is 1. The van der Waals surface area contributed by atoms with E-state index < -0.39 is 5.82 Å². The second-order valence-corrected chi connectivity index (χ2v) is 12.7. The highest BCUT2D eigenvalue weighted by atomic mass is 35.5. The molecule has 3 atom stereocenters. The molecule has 6 rings (SSSR count). The van der Waals surface area contributed by atoms with Gasteiger partial charge in [0.25, 0.3) is 5.91 Å². The molecular weight excluding hydrogens is 577 g/mol. The molecule has 0 saturated carbocycles. The Labute approximate surface area is 263 Å². The highest BCUT2D eigenvalue weighted by Crippen LogP contribution is 2.40. The number of nitrogens with zero attached hydrogens (tertiary/aromatic N) is 2. The molecule has 0 radical (unpaired) electrons. The van der Waals surface area contributed by atoms with Crippen molar-refractivity contribution < 1.29 is 18.7 Å². The number of halogens is 2. The Morgan fingerprint density at radius 3 is 2.52 bits per heavy atom. The maximum absolute atomic E-state index is 13.6. The van der Waals surface area contributed by atoms with Crippen molar-refractivity contribution >= 4 is 34.2 Å². The van der Waals surface area contributed by atoms with Crippen LogP contribution in [0.25, 0.3) is 10.9 Å². The number of para-hydroxylation sites is 1. The molecule has 0 spiro atoms. The van der Waals surface area contributed by atoms with Crippen LogP contribution in [0.5, 0.6) is 5.75 Å². The Morgan fingerprint density at radius 1 is 1.02 bits per heavy atom. The van der Waals surface area contributed by atoms with Gasteiger partial charge in [0.05, 0.1) is 23.2 Å². The Morgan fingerprint density at radius 2 is 1.80 bits per heavy atom. The smallest absolute Gasteiger partial charge is 0.253 e. The Bertz CT molecular complexity index is 1670. The fourth-order valence-corrected chi connectivity index (χ4v) is 7.52. The fraction of sp³-hybridized carbons (Fsp3) is 0.389. The number of carbonyl (C=O) groups is 2. The quantitative estimate of drug-likeness (QED) is 0.177. The van der Waals surface area contributed by atoms with Crippen LogP contribution >= 0.6 is 11.6 Å². The molecule has 2 bridgehead atoms. The molecule has 44 heavy (non-hydrogen) atoms. The number of hydrogen-bond donors (Lipinski definition) is 1. The van der Waals surface area contributed by atoms with Crippen molar-refractivity contribution in [2.24, 2.45) is 5.92 Å².